The first-order valence-corrected chi connectivity index (χ1v) is 7.63. The average molecular weight is 274 g/mol. The van der Waals surface area contributed by atoms with Crippen LogP contribution in [0, 0.1) is 0 Å². The topological polar surface area (TPSA) is 61.4 Å². The molecule has 0 unspecified atom stereocenters. The van der Waals surface area contributed by atoms with Crippen molar-refractivity contribution in [2.75, 3.05) is 0 Å². The first kappa shape index (κ1) is 13.3. The van der Waals surface area contributed by atoms with Gasteiger partial charge in [-0.05, 0) is 25.7 Å². The molecule has 0 aliphatic heterocycles. The molecule has 0 aromatic carbocycles. The maximum Gasteiger partial charge on any atom is 0.154 e. The Morgan fingerprint density at radius 1 is 1.25 bits per heavy atom. The van der Waals surface area contributed by atoms with Gasteiger partial charge >= 0.3 is 0 Å². The summed E-state index contributed by atoms with van der Waals surface area (Å²) in [5, 5.41) is 8.82. The third-order valence-corrected chi connectivity index (χ3v) is 3.68. The summed E-state index contributed by atoms with van der Waals surface area (Å²) in [6.45, 7) is 4.09. The van der Waals surface area contributed by atoms with Crippen molar-refractivity contribution in [2.45, 2.75) is 64.5 Å². The van der Waals surface area contributed by atoms with E-state index in [1.807, 2.05) is 4.68 Å². The number of hydrogen-bond acceptors (Lipinski definition) is 4. The van der Waals surface area contributed by atoms with Crippen molar-refractivity contribution in [1.29, 1.82) is 0 Å². The summed E-state index contributed by atoms with van der Waals surface area (Å²) in [6.07, 6.45) is 10.2. The Morgan fingerprint density at radius 2 is 2.15 bits per heavy atom. The van der Waals surface area contributed by atoms with Crippen molar-refractivity contribution < 1.29 is 0 Å². The van der Waals surface area contributed by atoms with Crippen molar-refractivity contribution in [2.24, 2.45) is 0 Å². The van der Waals surface area contributed by atoms with E-state index in [0.29, 0.717) is 5.92 Å². The van der Waals surface area contributed by atoms with Gasteiger partial charge in [0.15, 0.2) is 5.82 Å². The van der Waals surface area contributed by atoms with Crippen LogP contribution in [0.1, 0.15) is 56.6 Å². The lowest BCUT2D eigenvalue weighted by Crippen LogP contribution is -2.08. The smallest absolute Gasteiger partial charge is 0.154 e. The molecular weight excluding hydrogens is 252 g/mol. The molecule has 0 bridgehead atoms. The molecule has 20 heavy (non-hydrogen) atoms. The van der Waals surface area contributed by atoms with Crippen LogP contribution in [-0.2, 0) is 19.5 Å². The van der Waals surface area contributed by atoms with E-state index >= 15 is 0 Å². The molecular formula is C14H22N6. The maximum absolute atomic E-state index is 4.75. The summed E-state index contributed by atoms with van der Waals surface area (Å²) in [5.74, 6) is 2.84. The molecule has 2 aromatic heterocycles. The number of nitrogens with zero attached hydrogens (tertiary/aromatic N) is 6. The number of aryl methyl sites for hydroxylation is 3. The summed E-state index contributed by atoms with van der Waals surface area (Å²) in [5.41, 5.74) is 0. The van der Waals surface area contributed by atoms with E-state index in [4.69, 9.17) is 10.1 Å². The zero-order valence-electron chi connectivity index (χ0n) is 12.1. The number of rotatable bonds is 8. The first-order chi connectivity index (χ1) is 9.86. The highest BCUT2D eigenvalue weighted by molar-refractivity contribution is 5.06. The second kappa shape index (κ2) is 6.15. The molecule has 0 amide bonds. The van der Waals surface area contributed by atoms with Gasteiger partial charge in [0.1, 0.15) is 18.5 Å². The van der Waals surface area contributed by atoms with Crippen molar-refractivity contribution in [3.63, 3.8) is 0 Å². The van der Waals surface area contributed by atoms with Crippen molar-refractivity contribution in [1.82, 2.24) is 29.5 Å². The molecule has 0 spiro atoms. The molecule has 2 heterocycles. The van der Waals surface area contributed by atoms with E-state index in [9.17, 15) is 0 Å². The van der Waals surface area contributed by atoms with Crippen LogP contribution in [0.5, 0.6) is 0 Å². The largest absolute Gasteiger partial charge is 0.253 e. The highest BCUT2D eigenvalue weighted by Crippen LogP contribution is 2.38. The predicted octanol–water partition coefficient (Wildman–Crippen LogP) is 2.18. The van der Waals surface area contributed by atoms with E-state index < -0.39 is 0 Å². The molecule has 1 aliphatic rings. The lowest BCUT2D eigenvalue weighted by molar-refractivity contribution is 0.516. The standard InChI is InChI=1S/C14H22N6/c1-2-3-9-20-13(17-14(18-20)12-6-7-12)5-4-8-19-11-15-10-16-19/h10-12H,2-9H2,1H3. The molecule has 0 atom stereocenters. The van der Waals surface area contributed by atoms with Gasteiger partial charge in [0.25, 0.3) is 0 Å². The van der Waals surface area contributed by atoms with E-state index in [2.05, 4.69) is 21.7 Å². The van der Waals surface area contributed by atoms with Crippen LogP contribution in [0.15, 0.2) is 12.7 Å². The fourth-order valence-corrected chi connectivity index (χ4v) is 2.33. The molecule has 0 radical (unpaired) electrons. The summed E-state index contributed by atoms with van der Waals surface area (Å²) >= 11 is 0. The number of hydrogen-bond donors (Lipinski definition) is 0. The fourth-order valence-electron chi connectivity index (χ4n) is 2.33. The van der Waals surface area contributed by atoms with Gasteiger partial charge in [0.05, 0.1) is 0 Å². The van der Waals surface area contributed by atoms with Gasteiger partial charge in [-0.1, -0.05) is 13.3 Å². The van der Waals surface area contributed by atoms with Crippen LogP contribution in [-0.4, -0.2) is 29.5 Å². The van der Waals surface area contributed by atoms with Crippen LogP contribution in [0.2, 0.25) is 0 Å². The minimum Gasteiger partial charge on any atom is -0.253 e. The lowest BCUT2D eigenvalue weighted by Gasteiger charge is -2.05. The second-order valence-electron chi connectivity index (χ2n) is 5.50. The molecule has 2 aromatic rings. The van der Waals surface area contributed by atoms with E-state index in [-0.39, 0.29) is 0 Å². The normalized spacial score (nSPS) is 14.8. The summed E-state index contributed by atoms with van der Waals surface area (Å²) in [7, 11) is 0. The summed E-state index contributed by atoms with van der Waals surface area (Å²) in [6, 6.07) is 0. The summed E-state index contributed by atoms with van der Waals surface area (Å²) < 4.78 is 3.99. The lowest BCUT2D eigenvalue weighted by atomic mass is 10.3. The van der Waals surface area contributed by atoms with Crippen LogP contribution in [0.3, 0.4) is 0 Å². The van der Waals surface area contributed by atoms with Crippen molar-refractivity contribution >= 4 is 0 Å². The third kappa shape index (κ3) is 3.23. The third-order valence-electron chi connectivity index (χ3n) is 3.68. The van der Waals surface area contributed by atoms with E-state index in [1.165, 1.54) is 25.7 Å². The zero-order valence-corrected chi connectivity index (χ0v) is 12.1. The van der Waals surface area contributed by atoms with E-state index in [1.54, 1.807) is 12.7 Å². The Balaban J connectivity index is 1.60. The number of unbranched alkanes of at least 4 members (excludes halogenated alkanes) is 1. The van der Waals surface area contributed by atoms with Crippen LogP contribution in [0.25, 0.3) is 0 Å². The van der Waals surface area contributed by atoms with Gasteiger partial charge in [0.2, 0.25) is 0 Å². The molecule has 1 fully saturated rings. The minimum absolute atomic E-state index is 0.631. The van der Waals surface area contributed by atoms with Gasteiger partial charge in [-0.2, -0.15) is 10.2 Å². The first-order valence-electron chi connectivity index (χ1n) is 7.63. The Labute approximate surface area is 119 Å². The Bertz CT molecular complexity index is 526. The second-order valence-corrected chi connectivity index (χ2v) is 5.50. The Kier molecular flexibility index (Phi) is 4.08. The summed E-state index contributed by atoms with van der Waals surface area (Å²) in [4.78, 5) is 8.71. The van der Waals surface area contributed by atoms with E-state index in [0.717, 1.165) is 37.6 Å². The quantitative estimate of drug-likeness (QED) is 0.740. The highest BCUT2D eigenvalue weighted by Gasteiger charge is 2.28. The van der Waals surface area contributed by atoms with Crippen molar-refractivity contribution in [3.05, 3.63) is 24.3 Å². The van der Waals surface area contributed by atoms with Gasteiger partial charge in [-0.15, -0.1) is 0 Å². The molecule has 6 nitrogen and oxygen atoms in total. The predicted molar refractivity (Wildman–Crippen MR) is 75.2 cm³/mol. The SMILES string of the molecule is CCCCn1nc(C2CC2)nc1CCCn1cncn1. The van der Waals surface area contributed by atoms with Gasteiger partial charge in [0, 0.05) is 25.4 Å². The van der Waals surface area contributed by atoms with Gasteiger partial charge in [-0.25, -0.2) is 14.6 Å². The average Bonchev–Trinajstić information content (AvgIpc) is 3.03. The maximum atomic E-state index is 4.75. The Morgan fingerprint density at radius 3 is 2.85 bits per heavy atom. The molecule has 0 saturated heterocycles. The molecule has 1 saturated carbocycles. The van der Waals surface area contributed by atoms with Gasteiger partial charge in [-0.3, -0.25) is 4.68 Å². The molecule has 6 heteroatoms. The highest BCUT2D eigenvalue weighted by atomic mass is 15.4. The van der Waals surface area contributed by atoms with Crippen LogP contribution < -0.4 is 0 Å². The molecule has 3 rings (SSSR count). The van der Waals surface area contributed by atoms with Crippen LogP contribution in [0.4, 0.5) is 0 Å². The minimum atomic E-state index is 0.631. The molecule has 108 valence electrons. The molecule has 1 aliphatic carbocycles. The Hall–Kier alpha value is -1.72. The monoisotopic (exact) mass is 274 g/mol. The molecule has 0 N–H and O–H groups in total. The zero-order chi connectivity index (χ0) is 13.8. The number of aromatic nitrogens is 6. The van der Waals surface area contributed by atoms with Crippen LogP contribution >= 0.6 is 0 Å². The van der Waals surface area contributed by atoms with Gasteiger partial charge < -0.3 is 0 Å². The van der Waals surface area contributed by atoms with Crippen molar-refractivity contribution in [3.8, 4) is 0 Å². The fraction of sp³-hybridized carbons (Fsp3) is 0.714.